The molecule has 37 heavy (non-hydrogen) atoms. The molecule has 1 unspecified atom stereocenters. The Morgan fingerprint density at radius 1 is 1.16 bits per heavy atom. The number of ether oxygens (including phenoxy) is 4. The summed E-state index contributed by atoms with van der Waals surface area (Å²) in [5.74, 6) is -1.35. The van der Waals surface area contributed by atoms with Crippen molar-refractivity contribution in [3.63, 3.8) is 0 Å². The van der Waals surface area contributed by atoms with Gasteiger partial charge < -0.3 is 24.1 Å². The number of rotatable bonds is 12. The Kier molecular flexibility index (Phi) is 11.0. The predicted octanol–water partition coefficient (Wildman–Crippen LogP) is 1.02. The predicted molar refractivity (Wildman–Crippen MR) is 126 cm³/mol. The van der Waals surface area contributed by atoms with Crippen LogP contribution in [0.2, 0.25) is 0 Å². The number of aromatic nitrogens is 2. The Hall–Kier alpha value is -2.55. The maximum Gasteiger partial charge on any atom is 0.510 e. The van der Waals surface area contributed by atoms with Crippen molar-refractivity contribution in [3.8, 4) is 0 Å². The van der Waals surface area contributed by atoms with Crippen LogP contribution in [0.25, 0.3) is 0 Å². The van der Waals surface area contributed by atoms with Gasteiger partial charge in [-0.2, -0.15) is 0 Å². The summed E-state index contributed by atoms with van der Waals surface area (Å²) in [6.07, 6.45) is -4.02. The molecule has 3 N–H and O–H groups in total. The first-order valence-corrected chi connectivity index (χ1v) is 13.1. The number of nitrogens with one attached hydrogen (secondary N) is 2. The molecule has 2 heterocycles. The standard InChI is InChI=1S/C21H34N3O12P/c1-11(2)34-19(27)14(6)23-37(30,33-10-31-21(29)35-12(3)4)32-9-15-13(5)17(26)18(36-15)24-8-7-16(25)22-20(24)28/h7-8,11-15,17-18,26H,9-10H2,1-6H3,(H,23,30)(H,22,25,28)/t13-,14+,15-,17-,18-,37?/m1/s1. The molecule has 1 aromatic heterocycles. The largest absolute Gasteiger partial charge is 0.510 e. The lowest BCUT2D eigenvalue weighted by Gasteiger charge is -2.24. The van der Waals surface area contributed by atoms with Crippen molar-refractivity contribution in [1.29, 1.82) is 0 Å². The fourth-order valence-electron chi connectivity index (χ4n) is 3.19. The zero-order valence-electron chi connectivity index (χ0n) is 21.4. The van der Waals surface area contributed by atoms with Crippen LogP contribution in [0.5, 0.6) is 0 Å². The molecule has 1 saturated heterocycles. The highest BCUT2D eigenvalue weighted by Gasteiger charge is 2.44. The number of esters is 1. The van der Waals surface area contributed by atoms with Gasteiger partial charge in [0.2, 0.25) is 6.79 Å². The van der Waals surface area contributed by atoms with Gasteiger partial charge in [0.25, 0.3) is 5.56 Å². The van der Waals surface area contributed by atoms with Crippen molar-refractivity contribution < 1.29 is 47.3 Å². The van der Waals surface area contributed by atoms with E-state index in [1.165, 1.54) is 13.1 Å². The molecule has 1 aromatic rings. The van der Waals surface area contributed by atoms with Crippen LogP contribution in [0.3, 0.4) is 0 Å². The molecular formula is C21H34N3O12P. The molecule has 0 amide bonds. The van der Waals surface area contributed by atoms with Gasteiger partial charge in [-0.05, 0) is 34.6 Å². The molecule has 0 aliphatic carbocycles. The molecule has 210 valence electrons. The highest BCUT2D eigenvalue weighted by molar-refractivity contribution is 7.51. The monoisotopic (exact) mass is 551 g/mol. The topological polar surface area (TPSA) is 194 Å². The van der Waals surface area contributed by atoms with Crippen molar-refractivity contribution in [2.75, 3.05) is 13.4 Å². The number of carbonyl (C=O) groups excluding carboxylic acids is 2. The second kappa shape index (κ2) is 13.3. The molecule has 16 heteroatoms. The van der Waals surface area contributed by atoms with Gasteiger partial charge in [-0.3, -0.25) is 28.2 Å². The average molecular weight is 551 g/mol. The second-order valence-corrected chi connectivity index (χ2v) is 10.6. The summed E-state index contributed by atoms with van der Waals surface area (Å²) in [5.41, 5.74) is -1.40. The molecule has 0 saturated carbocycles. The molecule has 0 bridgehead atoms. The van der Waals surface area contributed by atoms with Crippen LogP contribution < -0.4 is 16.3 Å². The minimum Gasteiger partial charge on any atom is -0.462 e. The van der Waals surface area contributed by atoms with Crippen molar-refractivity contribution in [2.24, 2.45) is 5.92 Å². The minimum atomic E-state index is -4.33. The van der Waals surface area contributed by atoms with Gasteiger partial charge in [0.05, 0.1) is 24.9 Å². The SMILES string of the molecule is CC(C)OC(=O)OCOP(=O)(N[C@@H](C)C(=O)OC(C)C)OC[C@H]1O[C@@H](n2ccc(=O)[nH]c2=O)[C@H](O)[C@@H]1C. The number of hydrogen-bond acceptors (Lipinski definition) is 12. The highest BCUT2D eigenvalue weighted by Crippen LogP contribution is 2.46. The third-order valence-electron chi connectivity index (χ3n) is 5.05. The molecular weight excluding hydrogens is 517 g/mol. The normalized spacial score (nSPS) is 24.0. The van der Waals surface area contributed by atoms with Crippen molar-refractivity contribution in [2.45, 2.75) is 78.2 Å². The Bertz CT molecular complexity index is 1090. The van der Waals surface area contributed by atoms with E-state index in [0.29, 0.717) is 0 Å². The van der Waals surface area contributed by atoms with Crippen LogP contribution in [0, 0.1) is 5.92 Å². The molecule has 2 rings (SSSR count). The maximum absolute atomic E-state index is 13.4. The van der Waals surface area contributed by atoms with Crippen LogP contribution in [-0.2, 0) is 37.4 Å². The number of aliphatic hydroxyl groups excluding tert-OH is 1. The third kappa shape index (κ3) is 9.05. The zero-order valence-corrected chi connectivity index (χ0v) is 22.3. The van der Waals surface area contributed by atoms with Crippen molar-refractivity contribution in [3.05, 3.63) is 33.1 Å². The van der Waals surface area contributed by atoms with Gasteiger partial charge in [-0.15, -0.1) is 0 Å². The molecule has 1 aliphatic rings. The van der Waals surface area contributed by atoms with E-state index in [0.717, 1.165) is 10.6 Å². The van der Waals surface area contributed by atoms with E-state index in [1.807, 2.05) is 0 Å². The molecule has 1 aliphatic heterocycles. The zero-order chi connectivity index (χ0) is 27.9. The Balaban J connectivity index is 2.11. The smallest absolute Gasteiger partial charge is 0.462 e. The minimum absolute atomic E-state index is 0.417. The fourth-order valence-corrected chi connectivity index (χ4v) is 4.53. The summed E-state index contributed by atoms with van der Waals surface area (Å²) in [4.78, 5) is 49.3. The van der Waals surface area contributed by atoms with Gasteiger partial charge >= 0.3 is 25.6 Å². The Morgan fingerprint density at radius 3 is 2.41 bits per heavy atom. The first kappa shape index (κ1) is 30.7. The van der Waals surface area contributed by atoms with Crippen LogP contribution in [0.1, 0.15) is 47.8 Å². The van der Waals surface area contributed by atoms with Gasteiger partial charge in [0, 0.05) is 18.2 Å². The molecule has 0 radical (unpaired) electrons. The van der Waals surface area contributed by atoms with E-state index in [-0.39, 0.29) is 0 Å². The molecule has 0 aromatic carbocycles. The Labute approximate surface area is 212 Å². The number of aromatic amines is 1. The summed E-state index contributed by atoms with van der Waals surface area (Å²) in [6, 6.07) is -0.0457. The number of nitrogens with zero attached hydrogens (tertiary/aromatic N) is 1. The average Bonchev–Trinajstić information content (AvgIpc) is 3.05. The lowest BCUT2D eigenvalue weighted by atomic mass is 10.0. The quantitative estimate of drug-likeness (QED) is 0.189. The van der Waals surface area contributed by atoms with E-state index in [9.17, 15) is 28.8 Å². The first-order valence-electron chi connectivity index (χ1n) is 11.6. The summed E-state index contributed by atoms with van der Waals surface area (Å²) in [7, 11) is -4.33. The summed E-state index contributed by atoms with van der Waals surface area (Å²) < 4.78 is 45.4. The second-order valence-electron chi connectivity index (χ2n) is 8.87. The highest BCUT2D eigenvalue weighted by atomic mass is 31.2. The number of H-pyrrole nitrogens is 1. The van der Waals surface area contributed by atoms with Gasteiger partial charge in [0.15, 0.2) is 6.23 Å². The van der Waals surface area contributed by atoms with E-state index in [2.05, 4.69) is 10.1 Å². The van der Waals surface area contributed by atoms with Crippen LogP contribution >= 0.6 is 7.75 Å². The van der Waals surface area contributed by atoms with Crippen LogP contribution in [0.4, 0.5) is 4.79 Å². The third-order valence-corrected chi connectivity index (χ3v) is 6.69. The first-order chi connectivity index (χ1) is 17.2. The maximum atomic E-state index is 13.4. The molecule has 15 nitrogen and oxygen atoms in total. The summed E-state index contributed by atoms with van der Waals surface area (Å²) >= 11 is 0. The van der Waals surface area contributed by atoms with E-state index < -0.39 is 87.1 Å². The lowest BCUT2D eigenvalue weighted by Crippen LogP contribution is -2.36. The van der Waals surface area contributed by atoms with E-state index >= 15 is 0 Å². The lowest BCUT2D eigenvalue weighted by molar-refractivity contribution is -0.149. The van der Waals surface area contributed by atoms with Crippen LogP contribution in [0.15, 0.2) is 21.9 Å². The molecule has 0 spiro atoms. The van der Waals surface area contributed by atoms with Gasteiger partial charge in [-0.1, -0.05) is 6.92 Å². The van der Waals surface area contributed by atoms with Gasteiger partial charge in [-0.25, -0.2) is 19.2 Å². The summed E-state index contributed by atoms with van der Waals surface area (Å²) in [6.45, 7) is 8.22. The van der Waals surface area contributed by atoms with Gasteiger partial charge in [0.1, 0.15) is 12.1 Å². The van der Waals surface area contributed by atoms with E-state index in [4.69, 9.17) is 28.0 Å². The number of hydrogen-bond donors (Lipinski definition) is 3. The number of carbonyl (C=O) groups is 2. The summed E-state index contributed by atoms with van der Waals surface area (Å²) in [5, 5.41) is 13.0. The molecule has 6 atom stereocenters. The fraction of sp³-hybridized carbons (Fsp3) is 0.714. The van der Waals surface area contributed by atoms with Crippen molar-refractivity contribution >= 4 is 19.9 Å². The molecule has 1 fully saturated rings. The van der Waals surface area contributed by atoms with Crippen LogP contribution in [-0.4, -0.2) is 70.6 Å². The van der Waals surface area contributed by atoms with Crippen molar-refractivity contribution in [1.82, 2.24) is 14.6 Å². The van der Waals surface area contributed by atoms with E-state index in [1.54, 1.807) is 34.6 Å². The number of aliphatic hydroxyl groups is 1. The Morgan fingerprint density at radius 2 is 1.81 bits per heavy atom.